The first-order valence-electron chi connectivity index (χ1n) is 8.81. The summed E-state index contributed by atoms with van der Waals surface area (Å²) in [6.07, 6.45) is -4.43. The number of nitrogens with one attached hydrogen (secondary N) is 3. The van der Waals surface area contributed by atoms with E-state index in [-0.39, 0.29) is 35.2 Å². The molecule has 0 saturated heterocycles. The van der Waals surface area contributed by atoms with Crippen LogP contribution in [0.5, 0.6) is 0 Å². The standard InChI is InChI=1S/C19H15F4N5OS2/c20-15-9-12(19(21,22)23)2-1-11(15)7-8-24-18(30)26-14-5-3-13(4-6-14)25-17(29)16-10-31-28-27-16/h1-6,9-10H,7-8H2,(H,25,29)(H2,24,26,30). The lowest BCUT2D eigenvalue weighted by molar-refractivity contribution is -0.137. The molecule has 0 aliphatic rings. The second-order valence-electron chi connectivity index (χ2n) is 6.26. The second kappa shape index (κ2) is 9.79. The molecule has 3 rings (SSSR count). The van der Waals surface area contributed by atoms with Crippen LogP contribution in [0.1, 0.15) is 21.6 Å². The van der Waals surface area contributed by atoms with E-state index in [1.54, 1.807) is 24.3 Å². The van der Waals surface area contributed by atoms with E-state index in [1.165, 1.54) is 5.38 Å². The summed E-state index contributed by atoms with van der Waals surface area (Å²) < 4.78 is 55.2. The van der Waals surface area contributed by atoms with Crippen molar-refractivity contribution in [3.05, 3.63) is 70.5 Å². The Morgan fingerprint density at radius 1 is 1.06 bits per heavy atom. The van der Waals surface area contributed by atoms with E-state index >= 15 is 0 Å². The van der Waals surface area contributed by atoms with Crippen molar-refractivity contribution >= 4 is 46.1 Å². The zero-order valence-electron chi connectivity index (χ0n) is 15.7. The first kappa shape index (κ1) is 22.6. The van der Waals surface area contributed by atoms with Crippen LogP contribution in [-0.2, 0) is 12.6 Å². The molecule has 0 aliphatic heterocycles. The third kappa shape index (κ3) is 6.43. The highest BCUT2D eigenvalue weighted by Crippen LogP contribution is 2.30. The minimum atomic E-state index is -4.58. The first-order valence-corrected chi connectivity index (χ1v) is 10.1. The molecule has 162 valence electrons. The van der Waals surface area contributed by atoms with E-state index in [0.29, 0.717) is 17.4 Å². The van der Waals surface area contributed by atoms with Gasteiger partial charge in [0.15, 0.2) is 10.8 Å². The molecule has 3 aromatic rings. The fourth-order valence-corrected chi connectivity index (χ4v) is 3.16. The molecular weight excluding hydrogens is 454 g/mol. The zero-order chi connectivity index (χ0) is 22.4. The maximum absolute atomic E-state index is 13.9. The minimum absolute atomic E-state index is 0.152. The Balaban J connectivity index is 1.46. The van der Waals surface area contributed by atoms with Crippen molar-refractivity contribution in [3.8, 4) is 0 Å². The highest BCUT2D eigenvalue weighted by atomic mass is 32.1. The Morgan fingerprint density at radius 3 is 2.32 bits per heavy atom. The van der Waals surface area contributed by atoms with Gasteiger partial charge in [-0.15, -0.1) is 5.10 Å². The van der Waals surface area contributed by atoms with Gasteiger partial charge in [0.25, 0.3) is 5.91 Å². The number of hydrogen-bond donors (Lipinski definition) is 3. The smallest absolute Gasteiger partial charge is 0.362 e. The maximum atomic E-state index is 13.9. The van der Waals surface area contributed by atoms with Gasteiger partial charge in [0, 0.05) is 23.3 Å². The molecule has 0 radical (unpaired) electrons. The molecule has 0 fully saturated rings. The predicted molar refractivity (Wildman–Crippen MR) is 114 cm³/mol. The number of amides is 1. The monoisotopic (exact) mass is 469 g/mol. The molecule has 1 aromatic heterocycles. The summed E-state index contributed by atoms with van der Waals surface area (Å²) in [7, 11) is 0. The van der Waals surface area contributed by atoms with Crippen molar-refractivity contribution in [1.29, 1.82) is 0 Å². The molecule has 0 spiro atoms. The van der Waals surface area contributed by atoms with Gasteiger partial charge in [-0.25, -0.2) is 4.39 Å². The van der Waals surface area contributed by atoms with Gasteiger partial charge < -0.3 is 16.0 Å². The Hall–Kier alpha value is -3.12. The van der Waals surface area contributed by atoms with E-state index in [9.17, 15) is 22.4 Å². The number of carbonyl (C=O) groups excluding carboxylic acids is 1. The van der Waals surface area contributed by atoms with Crippen molar-refractivity contribution < 1.29 is 22.4 Å². The summed E-state index contributed by atoms with van der Waals surface area (Å²) in [5.41, 5.74) is 0.550. The van der Waals surface area contributed by atoms with Crippen LogP contribution in [0.15, 0.2) is 47.8 Å². The van der Waals surface area contributed by atoms with Gasteiger partial charge in [0.05, 0.1) is 5.56 Å². The Bertz CT molecular complexity index is 1060. The number of benzene rings is 2. The fraction of sp³-hybridized carbons (Fsp3) is 0.158. The molecule has 12 heteroatoms. The van der Waals surface area contributed by atoms with Crippen LogP contribution in [0.2, 0.25) is 0 Å². The van der Waals surface area contributed by atoms with Crippen molar-refractivity contribution in [2.24, 2.45) is 0 Å². The van der Waals surface area contributed by atoms with Crippen molar-refractivity contribution in [2.45, 2.75) is 12.6 Å². The molecule has 0 atom stereocenters. The highest BCUT2D eigenvalue weighted by Gasteiger charge is 2.31. The molecule has 2 aromatic carbocycles. The van der Waals surface area contributed by atoms with Gasteiger partial charge in [-0.3, -0.25) is 4.79 Å². The topological polar surface area (TPSA) is 78.9 Å². The second-order valence-corrected chi connectivity index (χ2v) is 7.27. The van der Waals surface area contributed by atoms with Gasteiger partial charge in [0.1, 0.15) is 5.82 Å². The lowest BCUT2D eigenvalue weighted by Crippen LogP contribution is -2.30. The van der Waals surface area contributed by atoms with E-state index in [4.69, 9.17) is 12.2 Å². The van der Waals surface area contributed by atoms with Crippen LogP contribution in [0, 0.1) is 5.82 Å². The summed E-state index contributed by atoms with van der Waals surface area (Å²) in [6, 6.07) is 9.17. The number of aromatic nitrogens is 2. The number of alkyl halides is 3. The van der Waals surface area contributed by atoms with Crippen molar-refractivity contribution in [3.63, 3.8) is 0 Å². The largest absolute Gasteiger partial charge is 0.416 e. The van der Waals surface area contributed by atoms with E-state index in [2.05, 4.69) is 25.5 Å². The normalized spacial score (nSPS) is 11.1. The number of hydrogen-bond acceptors (Lipinski definition) is 5. The molecule has 0 saturated carbocycles. The predicted octanol–water partition coefficient (Wildman–Crippen LogP) is 4.48. The molecule has 0 bridgehead atoms. The van der Waals surface area contributed by atoms with Crippen LogP contribution in [0.3, 0.4) is 0 Å². The highest BCUT2D eigenvalue weighted by molar-refractivity contribution is 7.80. The number of anilines is 2. The number of rotatable bonds is 6. The van der Waals surface area contributed by atoms with Crippen molar-refractivity contribution in [1.82, 2.24) is 14.9 Å². The molecule has 1 heterocycles. The summed E-state index contributed by atoms with van der Waals surface area (Å²) >= 11 is 6.24. The van der Waals surface area contributed by atoms with Gasteiger partial charge in [0.2, 0.25) is 0 Å². The molecule has 3 N–H and O–H groups in total. The molecule has 0 unspecified atom stereocenters. The summed E-state index contributed by atoms with van der Waals surface area (Å²) in [5.74, 6) is -1.29. The summed E-state index contributed by atoms with van der Waals surface area (Å²) in [6.45, 7) is 0.226. The molecule has 6 nitrogen and oxygen atoms in total. The SMILES string of the molecule is O=C(Nc1ccc(NC(=S)NCCc2ccc(C(F)(F)F)cc2F)cc1)c1csnn1. The Labute approximate surface area is 183 Å². The third-order valence-electron chi connectivity index (χ3n) is 4.05. The van der Waals surface area contributed by atoms with E-state index < -0.39 is 17.6 Å². The quantitative estimate of drug-likeness (QED) is 0.365. The summed E-state index contributed by atoms with van der Waals surface area (Å²) in [5, 5.41) is 13.9. The number of thiocarbonyl (C=S) groups is 1. The number of carbonyl (C=O) groups is 1. The lowest BCUT2D eigenvalue weighted by Gasteiger charge is -2.12. The number of nitrogens with zero attached hydrogens (tertiary/aromatic N) is 2. The Kier molecular flexibility index (Phi) is 7.13. The fourth-order valence-electron chi connectivity index (χ4n) is 2.51. The molecule has 1 amide bonds. The lowest BCUT2D eigenvalue weighted by atomic mass is 10.1. The third-order valence-corrected chi connectivity index (χ3v) is 4.80. The van der Waals surface area contributed by atoms with Crippen LogP contribution in [-0.4, -0.2) is 27.2 Å². The Morgan fingerprint density at radius 2 is 1.74 bits per heavy atom. The average molecular weight is 469 g/mol. The molecule has 31 heavy (non-hydrogen) atoms. The van der Waals surface area contributed by atoms with Crippen LogP contribution < -0.4 is 16.0 Å². The van der Waals surface area contributed by atoms with Crippen molar-refractivity contribution in [2.75, 3.05) is 17.2 Å². The average Bonchev–Trinajstić information content (AvgIpc) is 3.25. The van der Waals surface area contributed by atoms with E-state index in [0.717, 1.165) is 23.7 Å². The maximum Gasteiger partial charge on any atom is 0.416 e. The van der Waals surface area contributed by atoms with E-state index in [1.807, 2.05) is 0 Å². The molecular formula is C19H15F4N5OS2. The first-order chi connectivity index (χ1) is 14.7. The van der Waals surface area contributed by atoms with Gasteiger partial charge in [-0.2, -0.15) is 13.2 Å². The molecule has 0 aliphatic carbocycles. The van der Waals surface area contributed by atoms with Crippen LogP contribution >= 0.6 is 23.8 Å². The zero-order valence-corrected chi connectivity index (χ0v) is 17.3. The number of halogens is 4. The van der Waals surface area contributed by atoms with Crippen LogP contribution in [0.25, 0.3) is 0 Å². The van der Waals surface area contributed by atoms with Gasteiger partial charge in [-0.05, 0) is 72.1 Å². The van der Waals surface area contributed by atoms with Crippen LogP contribution in [0.4, 0.5) is 28.9 Å². The van der Waals surface area contributed by atoms with Gasteiger partial charge in [-0.1, -0.05) is 10.6 Å². The minimum Gasteiger partial charge on any atom is -0.362 e. The summed E-state index contributed by atoms with van der Waals surface area (Å²) in [4.78, 5) is 11.9. The van der Waals surface area contributed by atoms with Gasteiger partial charge >= 0.3 is 6.18 Å².